The topological polar surface area (TPSA) is 212 Å². The molecule has 11 rings (SSSR count). The van der Waals surface area contributed by atoms with E-state index in [-0.39, 0.29) is 42.9 Å². The van der Waals surface area contributed by atoms with E-state index in [1.807, 2.05) is 68.7 Å². The normalized spacial score (nSPS) is 21.4. The van der Waals surface area contributed by atoms with Gasteiger partial charge in [-0.05, 0) is 113 Å². The van der Waals surface area contributed by atoms with Crippen molar-refractivity contribution in [3.63, 3.8) is 0 Å². The van der Waals surface area contributed by atoms with Gasteiger partial charge < -0.3 is 28.4 Å². The summed E-state index contributed by atoms with van der Waals surface area (Å²) in [5.74, 6) is 2.58. The third-order valence-electron chi connectivity index (χ3n) is 14.3. The Morgan fingerprint density at radius 2 is 1.15 bits per heavy atom. The molecule has 4 atom stereocenters. The first-order chi connectivity index (χ1) is 34.0. The second-order valence-corrected chi connectivity index (χ2v) is 23.1. The molecule has 0 spiro atoms. The molecule has 18 nitrogen and oxygen atoms in total. The fourth-order valence-corrected chi connectivity index (χ4v) is 12.7. The number of aromatic nitrogens is 6. The Kier molecular flexibility index (Phi) is 12.5. The molecule has 3 aromatic carbocycles. The number of benzene rings is 3. The highest BCUT2D eigenvalue weighted by Gasteiger charge is 2.41. The molecular formula is C49H53F3N10O8S2. The highest BCUT2D eigenvalue weighted by atomic mass is 32.2. The van der Waals surface area contributed by atoms with Gasteiger partial charge in [0.25, 0.3) is 0 Å². The van der Waals surface area contributed by atoms with Crippen LogP contribution in [0, 0.1) is 27.7 Å². The molecule has 0 radical (unpaired) electrons. The smallest absolute Gasteiger partial charge is 0.361 e. The lowest BCUT2D eigenvalue weighted by Gasteiger charge is -2.27. The lowest BCUT2D eigenvalue weighted by Crippen LogP contribution is -2.31. The molecule has 4 aliphatic heterocycles. The Bertz CT molecular complexity index is 3470. The van der Waals surface area contributed by atoms with Crippen molar-refractivity contribution < 1.29 is 48.6 Å². The molecule has 1 N–H and O–H groups in total. The average molecular weight is 1030 g/mol. The van der Waals surface area contributed by atoms with Crippen molar-refractivity contribution in [3.05, 3.63) is 101 Å². The van der Waals surface area contributed by atoms with Gasteiger partial charge in [0, 0.05) is 55.8 Å². The summed E-state index contributed by atoms with van der Waals surface area (Å²) in [5, 5.41) is 11.1. The number of hydrogen-bond acceptors (Lipinski definition) is 12. The van der Waals surface area contributed by atoms with Crippen LogP contribution in [0.4, 0.5) is 18.9 Å². The third-order valence-corrected chi connectivity index (χ3v) is 16.8. The molecule has 4 fully saturated rings. The standard InChI is InChI=1S/C28H28F3N5O4S.C21H25N5O4S/c1-16-26(17(2)40-33-16)18-4-9-23-22(14-18)32-27(36(23)21-12-13-34(15-21)41(3,38)39)24-10-11-25(37)35(24)20-7-5-19(6-8-20)28(29,30)31;1-12-20(13(2)30-24-12)14-4-6-18-17(10-14)23-21(16-5-7-19(27)22-16)26(18)15-8-9-25(11-15)31(3,28)29/h4-9,14,21,24H,10-13,15H2,1-3H3;4,6,10,15-16H,5,7-9,11H2,1-3H3,(H,22,27)/t21-,24+;15-,16+/m11/s1. The first-order valence-electron chi connectivity index (χ1n) is 23.6. The number of nitrogens with zero attached hydrogens (tertiary/aromatic N) is 9. The summed E-state index contributed by atoms with van der Waals surface area (Å²) in [7, 11) is -6.66. The van der Waals surface area contributed by atoms with Crippen LogP contribution in [-0.4, -0.2) is 105 Å². The Morgan fingerprint density at radius 1 is 0.653 bits per heavy atom. The molecule has 4 aromatic heterocycles. The van der Waals surface area contributed by atoms with Gasteiger partial charge in [-0.15, -0.1) is 0 Å². The van der Waals surface area contributed by atoms with E-state index in [1.54, 1.807) is 0 Å². The third kappa shape index (κ3) is 9.08. The number of carbonyl (C=O) groups is 2. The lowest BCUT2D eigenvalue weighted by atomic mass is 10.0. The maximum atomic E-state index is 13.2. The van der Waals surface area contributed by atoms with Gasteiger partial charge in [-0.1, -0.05) is 22.4 Å². The number of aryl methyl sites for hydroxylation is 4. The molecule has 4 saturated heterocycles. The van der Waals surface area contributed by atoms with Gasteiger partial charge in [-0.25, -0.2) is 35.4 Å². The van der Waals surface area contributed by atoms with Gasteiger partial charge in [0.1, 0.15) is 23.2 Å². The number of fused-ring (bicyclic) bond motifs is 2. The number of halogens is 3. The van der Waals surface area contributed by atoms with Gasteiger partial charge in [0.2, 0.25) is 31.9 Å². The fourth-order valence-electron chi connectivity index (χ4n) is 10.9. The number of rotatable bonds is 9. The van der Waals surface area contributed by atoms with Crippen LogP contribution in [0.2, 0.25) is 0 Å². The van der Waals surface area contributed by atoms with Crippen LogP contribution in [-0.2, 0) is 35.8 Å². The van der Waals surface area contributed by atoms with Crippen LogP contribution in [0.5, 0.6) is 0 Å². The molecule has 4 aliphatic rings. The summed E-state index contributed by atoms with van der Waals surface area (Å²) in [6.45, 7) is 8.97. The van der Waals surface area contributed by atoms with Crippen LogP contribution < -0.4 is 10.2 Å². The summed E-state index contributed by atoms with van der Waals surface area (Å²) in [6, 6.07) is 15.4. The van der Waals surface area contributed by atoms with Crippen LogP contribution in [0.15, 0.2) is 69.7 Å². The second kappa shape index (κ2) is 18.3. The second-order valence-electron chi connectivity index (χ2n) is 19.1. The van der Waals surface area contributed by atoms with Gasteiger partial charge in [0.05, 0.1) is 75.7 Å². The van der Waals surface area contributed by atoms with Crippen LogP contribution in [0.25, 0.3) is 44.3 Å². The molecule has 8 heterocycles. The van der Waals surface area contributed by atoms with E-state index >= 15 is 0 Å². The number of carbonyl (C=O) groups excluding carboxylic acids is 2. The number of amides is 2. The van der Waals surface area contributed by atoms with E-state index in [1.165, 1.54) is 38.2 Å². The quantitative estimate of drug-likeness (QED) is 0.146. The first kappa shape index (κ1) is 49.2. The van der Waals surface area contributed by atoms with Crippen LogP contribution in [0.1, 0.15) is 103 Å². The molecule has 0 unspecified atom stereocenters. The van der Waals surface area contributed by atoms with Gasteiger partial charge >= 0.3 is 6.18 Å². The van der Waals surface area contributed by atoms with Gasteiger partial charge in [0.15, 0.2) is 0 Å². The van der Waals surface area contributed by atoms with Crippen LogP contribution in [0.3, 0.4) is 0 Å². The summed E-state index contributed by atoms with van der Waals surface area (Å²) >= 11 is 0. The van der Waals surface area contributed by atoms with E-state index < -0.39 is 37.8 Å². The van der Waals surface area contributed by atoms with E-state index in [0.29, 0.717) is 74.5 Å². The highest BCUT2D eigenvalue weighted by Crippen LogP contribution is 2.43. The summed E-state index contributed by atoms with van der Waals surface area (Å²) in [5.41, 5.74) is 7.93. The van der Waals surface area contributed by atoms with E-state index in [9.17, 15) is 39.6 Å². The SMILES string of the molecule is Cc1noc(C)c1-c1ccc2c(c1)nc([C@@H]1CCC(=O)N1)n2[C@@H]1CCN(S(C)(=O)=O)C1.Cc1noc(C)c1-c1ccc2c(c1)nc([C@@H]1CCC(=O)N1c1ccc(C(F)(F)F)cc1)n2[C@@H]1CCN(S(C)(=O)=O)C1. The number of imidazole rings is 2. The summed E-state index contributed by atoms with van der Waals surface area (Å²) in [6.07, 6.45) is 0.973. The molecule has 7 aromatic rings. The molecule has 0 aliphatic carbocycles. The maximum absolute atomic E-state index is 13.2. The van der Waals surface area contributed by atoms with Crippen LogP contribution >= 0.6 is 0 Å². The highest BCUT2D eigenvalue weighted by molar-refractivity contribution is 7.88. The minimum Gasteiger partial charge on any atom is -0.361 e. The van der Waals surface area contributed by atoms with Crippen molar-refractivity contribution in [3.8, 4) is 22.3 Å². The first-order valence-corrected chi connectivity index (χ1v) is 27.3. The number of sulfonamides is 2. The number of nitrogens with one attached hydrogen (secondary N) is 1. The molecule has 0 saturated carbocycles. The molecule has 23 heteroatoms. The molecule has 2 amide bonds. The van der Waals surface area contributed by atoms with Crippen molar-refractivity contribution in [2.45, 2.75) is 96.6 Å². The number of alkyl halides is 3. The van der Waals surface area contributed by atoms with Crippen molar-refractivity contribution >= 4 is 59.6 Å². The molecule has 72 heavy (non-hydrogen) atoms. The summed E-state index contributed by atoms with van der Waals surface area (Å²) in [4.78, 5) is 36.4. The van der Waals surface area contributed by atoms with Crippen molar-refractivity contribution in [2.75, 3.05) is 43.6 Å². The number of hydrogen-bond donors (Lipinski definition) is 1. The predicted molar refractivity (Wildman–Crippen MR) is 261 cm³/mol. The van der Waals surface area contributed by atoms with E-state index in [0.717, 1.165) is 73.9 Å². The van der Waals surface area contributed by atoms with E-state index in [2.05, 4.69) is 20.2 Å². The Labute approximate surface area is 413 Å². The Balaban J connectivity index is 0.000000172. The largest absolute Gasteiger partial charge is 0.416 e. The lowest BCUT2D eigenvalue weighted by molar-refractivity contribution is -0.137. The zero-order valence-corrected chi connectivity index (χ0v) is 42.0. The average Bonchev–Trinajstić information content (AvgIpc) is 4.18. The molecule has 380 valence electrons. The molecular weight excluding hydrogens is 978 g/mol. The minimum absolute atomic E-state index is 0.0178. The van der Waals surface area contributed by atoms with Crippen molar-refractivity contribution in [1.82, 2.24) is 43.3 Å². The monoisotopic (exact) mass is 1030 g/mol. The zero-order valence-electron chi connectivity index (χ0n) is 40.4. The zero-order chi connectivity index (χ0) is 51.2. The Hall–Kier alpha value is -6.43. The fraction of sp³-hybridized carbons (Fsp3) is 0.429. The van der Waals surface area contributed by atoms with Gasteiger partial charge in [-0.3, -0.25) is 9.59 Å². The van der Waals surface area contributed by atoms with Crippen molar-refractivity contribution in [1.29, 1.82) is 0 Å². The van der Waals surface area contributed by atoms with Crippen molar-refractivity contribution in [2.24, 2.45) is 0 Å². The number of anilines is 1. The Morgan fingerprint density at radius 3 is 1.58 bits per heavy atom. The maximum Gasteiger partial charge on any atom is 0.416 e. The summed E-state index contributed by atoms with van der Waals surface area (Å²) < 4.78 is 106. The van der Waals surface area contributed by atoms with Gasteiger partial charge in [-0.2, -0.15) is 13.2 Å². The minimum atomic E-state index is -4.49. The van der Waals surface area contributed by atoms with E-state index in [4.69, 9.17) is 19.0 Å². The molecule has 0 bridgehead atoms. The predicted octanol–water partition coefficient (Wildman–Crippen LogP) is 7.87.